The van der Waals surface area contributed by atoms with Crippen LogP contribution in [0.4, 0.5) is 0 Å². The standard InChI is InChI=1S/C13H23N3OS/c1-5-7-14-11(6-2)10(4)18-13-15-9(3)8-12(17)16-13/h8,10-11,14H,5-7H2,1-4H3,(H,15,16,17). The van der Waals surface area contributed by atoms with E-state index in [0.29, 0.717) is 16.4 Å². The van der Waals surface area contributed by atoms with Crippen LogP contribution in [0.5, 0.6) is 0 Å². The van der Waals surface area contributed by atoms with Crippen LogP contribution in [0.1, 0.15) is 39.3 Å². The van der Waals surface area contributed by atoms with Gasteiger partial charge in [-0.2, -0.15) is 0 Å². The molecule has 102 valence electrons. The number of hydrogen-bond donors (Lipinski definition) is 2. The Hall–Kier alpha value is -0.810. The molecular weight excluding hydrogens is 246 g/mol. The minimum absolute atomic E-state index is 0.0771. The van der Waals surface area contributed by atoms with E-state index in [9.17, 15) is 4.79 Å². The van der Waals surface area contributed by atoms with Crippen molar-refractivity contribution >= 4 is 11.8 Å². The number of rotatable bonds is 7. The van der Waals surface area contributed by atoms with Gasteiger partial charge in [-0.1, -0.05) is 32.5 Å². The third kappa shape index (κ3) is 4.82. The van der Waals surface area contributed by atoms with Gasteiger partial charge < -0.3 is 10.3 Å². The number of nitrogens with one attached hydrogen (secondary N) is 2. The highest BCUT2D eigenvalue weighted by Crippen LogP contribution is 2.22. The first-order chi connectivity index (χ1) is 8.56. The molecule has 1 heterocycles. The molecule has 2 atom stereocenters. The Balaban J connectivity index is 2.66. The predicted molar refractivity (Wildman–Crippen MR) is 77.3 cm³/mol. The second-order valence-corrected chi connectivity index (χ2v) is 5.85. The molecule has 0 aliphatic carbocycles. The highest BCUT2D eigenvalue weighted by atomic mass is 32.2. The summed E-state index contributed by atoms with van der Waals surface area (Å²) in [7, 11) is 0. The molecule has 0 aliphatic rings. The van der Waals surface area contributed by atoms with Gasteiger partial charge in [0.2, 0.25) is 0 Å². The van der Waals surface area contributed by atoms with Crippen LogP contribution in [-0.4, -0.2) is 27.8 Å². The Labute approximate surface area is 113 Å². The van der Waals surface area contributed by atoms with Gasteiger partial charge in [0.15, 0.2) is 5.16 Å². The summed E-state index contributed by atoms with van der Waals surface area (Å²) in [4.78, 5) is 18.5. The minimum Gasteiger partial charge on any atom is -0.313 e. The highest BCUT2D eigenvalue weighted by molar-refractivity contribution is 7.99. The van der Waals surface area contributed by atoms with Gasteiger partial charge in [-0.25, -0.2) is 4.98 Å². The molecule has 0 radical (unpaired) electrons. The summed E-state index contributed by atoms with van der Waals surface area (Å²) in [5.74, 6) is 0. The minimum atomic E-state index is -0.0771. The summed E-state index contributed by atoms with van der Waals surface area (Å²) >= 11 is 1.63. The van der Waals surface area contributed by atoms with Crippen LogP contribution >= 0.6 is 11.8 Å². The molecule has 2 unspecified atom stereocenters. The normalized spacial score (nSPS) is 14.4. The van der Waals surface area contributed by atoms with Crippen molar-refractivity contribution in [3.63, 3.8) is 0 Å². The molecule has 0 saturated heterocycles. The van der Waals surface area contributed by atoms with Crippen molar-refractivity contribution in [2.24, 2.45) is 0 Å². The van der Waals surface area contributed by atoms with Crippen molar-refractivity contribution in [3.05, 3.63) is 22.1 Å². The van der Waals surface area contributed by atoms with Crippen LogP contribution in [0.3, 0.4) is 0 Å². The average Bonchev–Trinajstić information content (AvgIpc) is 2.28. The molecule has 2 N–H and O–H groups in total. The van der Waals surface area contributed by atoms with E-state index in [1.165, 1.54) is 6.07 Å². The van der Waals surface area contributed by atoms with E-state index >= 15 is 0 Å². The van der Waals surface area contributed by atoms with E-state index in [2.05, 4.69) is 36.1 Å². The fourth-order valence-electron chi connectivity index (χ4n) is 1.84. The van der Waals surface area contributed by atoms with Gasteiger partial charge in [0.25, 0.3) is 5.56 Å². The lowest BCUT2D eigenvalue weighted by atomic mass is 10.1. The smallest absolute Gasteiger partial charge is 0.251 e. The van der Waals surface area contributed by atoms with Crippen LogP contribution in [0.25, 0.3) is 0 Å². The first-order valence-corrected chi connectivity index (χ1v) is 7.42. The van der Waals surface area contributed by atoms with E-state index in [-0.39, 0.29) is 5.56 Å². The fourth-order valence-corrected chi connectivity index (χ4v) is 3.00. The Morgan fingerprint density at radius 3 is 2.78 bits per heavy atom. The maximum absolute atomic E-state index is 11.4. The molecule has 0 spiro atoms. The number of aromatic nitrogens is 2. The number of aryl methyl sites for hydroxylation is 1. The summed E-state index contributed by atoms with van der Waals surface area (Å²) in [6, 6.07) is 1.96. The molecule has 4 nitrogen and oxygen atoms in total. The van der Waals surface area contributed by atoms with Crippen molar-refractivity contribution < 1.29 is 0 Å². The van der Waals surface area contributed by atoms with Crippen molar-refractivity contribution in [2.45, 2.75) is 57.0 Å². The third-order valence-corrected chi connectivity index (χ3v) is 3.93. The molecule has 0 aliphatic heterocycles. The van der Waals surface area contributed by atoms with E-state index in [1.54, 1.807) is 11.8 Å². The topological polar surface area (TPSA) is 57.8 Å². The van der Waals surface area contributed by atoms with E-state index in [0.717, 1.165) is 25.1 Å². The zero-order chi connectivity index (χ0) is 13.5. The molecule has 0 saturated carbocycles. The maximum atomic E-state index is 11.4. The maximum Gasteiger partial charge on any atom is 0.251 e. The van der Waals surface area contributed by atoms with Crippen LogP contribution < -0.4 is 10.9 Å². The molecular formula is C13H23N3OS. The second kappa shape index (κ2) is 7.59. The van der Waals surface area contributed by atoms with Gasteiger partial charge in [-0.15, -0.1) is 0 Å². The second-order valence-electron chi connectivity index (χ2n) is 4.48. The van der Waals surface area contributed by atoms with Crippen LogP contribution in [0.15, 0.2) is 16.0 Å². The highest BCUT2D eigenvalue weighted by Gasteiger charge is 2.16. The molecule has 1 aromatic heterocycles. The molecule has 5 heteroatoms. The average molecular weight is 269 g/mol. The number of nitrogens with zero attached hydrogens (tertiary/aromatic N) is 1. The summed E-state index contributed by atoms with van der Waals surface area (Å²) in [6.07, 6.45) is 2.21. The lowest BCUT2D eigenvalue weighted by Gasteiger charge is -2.23. The fraction of sp³-hybridized carbons (Fsp3) is 0.692. The van der Waals surface area contributed by atoms with Gasteiger partial charge in [-0.05, 0) is 26.3 Å². The summed E-state index contributed by atoms with van der Waals surface area (Å²) < 4.78 is 0. The van der Waals surface area contributed by atoms with Crippen molar-refractivity contribution in [1.82, 2.24) is 15.3 Å². The molecule has 1 rings (SSSR count). The monoisotopic (exact) mass is 269 g/mol. The summed E-state index contributed by atoms with van der Waals surface area (Å²) in [5.41, 5.74) is 0.690. The number of hydrogen-bond acceptors (Lipinski definition) is 4. The lowest BCUT2D eigenvalue weighted by molar-refractivity contribution is 0.493. The summed E-state index contributed by atoms with van der Waals surface area (Å²) in [5, 5.41) is 4.62. The largest absolute Gasteiger partial charge is 0.313 e. The Morgan fingerprint density at radius 1 is 1.50 bits per heavy atom. The Kier molecular flexibility index (Phi) is 6.43. The van der Waals surface area contributed by atoms with Crippen LogP contribution in [0, 0.1) is 6.92 Å². The number of aromatic amines is 1. The zero-order valence-electron chi connectivity index (χ0n) is 11.6. The van der Waals surface area contributed by atoms with Crippen molar-refractivity contribution in [2.75, 3.05) is 6.54 Å². The number of H-pyrrole nitrogens is 1. The SMILES string of the molecule is CCCNC(CC)C(C)Sc1nc(C)cc(=O)[nH]1. The molecule has 18 heavy (non-hydrogen) atoms. The van der Waals surface area contributed by atoms with Crippen LogP contribution in [0.2, 0.25) is 0 Å². The van der Waals surface area contributed by atoms with Crippen molar-refractivity contribution in [3.8, 4) is 0 Å². The molecule has 0 aromatic carbocycles. The lowest BCUT2D eigenvalue weighted by Crippen LogP contribution is -2.36. The van der Waals surface area contributed by atoms with Crippen LogP contribution in [-0.2, 0) is 0 Å². The van der Waals surface area contributed by atoms with Gasteiger partial charge in [0.05, 0.1) is 0 Å². The van der Waals surface area contributed by atoms with E-state index in [4.69, 9.17) is 0 Å². The quantitative estimate of drug-likeness (QED) is 0.589. The molecule has 0 fully saturated rings. The first kappa shape index (κ1) is 15.2. The summed E-state index contributed by atoms with van der Waals surface area (Å²) in [6.45, 7) is 9.38. The Bertz CT molecular complexity index is 419. The predicted octanol–water partition coefficient (Wildman–Crippen LogP) is 2.34. The van der Waals surface area contributed by atoms with Gasteiger partial charge in [-0.3, -0.25) is 4.79 Å². The molecule has 1 aromatic rings. The molecule has 0 amide bonds. The van der Waals surface area contributed by atoms with Gasteiger partial charge in [0.1, 0.15) is 0 Å². The first-order valence-electron chi connectivity index (χ1n) is 6.54. The van der Waals surface area contributed by atoms with E-state index in [1.807, 2.05) is 6.92 Å². The van der Waals surface area contributed by atoms with E-state index < -0.39 is 0 Å². The third-order valence-electron chi connectivity index (χ3n) is 2.81. The zero-order valence-corrected chi connectivity index (χ0v) is 12.4. The Morgan fingerprint density at radius 2 is 2.22 bits per heavy atom. The van der Waals surface area contributed by atoms with Gasteiger partial charge >= 0.3 is 0 Å². The van der Waals surface area contributed by atoms with Gasteiger partial charge in [0, 0.05) is 23.1 Å². The van der Waals surface area contributed by atoms with Crippen molar-refractivity contribution in [1.29, 1.82) is 0 Å². The number of thioether (sulfide) groups is 1. The molecule has 0 bridgehead atoms.